The fourth-order valence-corrected chi connectivity index (χ4v) is 3.36. The first-order chi connectivity index (χ1) is 11.6. The summed E-state index contributed by atoms with van der Waals surface area (Å²) in [6, 6.07) is 9.83. The summed E-state index contributed by atoms with van der Waals surface area (Å²) in [4.78, 5) is 16.8. The van der Waals surface area contributed by atoms with E-state index in [1.807, 2.05) is 31.2 Å². The van der Waals surface area contributed by atoms with Crippen LogP contribution in [0.3, 0.4) is 0 Å². The van der Waals surface area contributed by atoms with Crippen LogP contribution in [0.2, 0.25) is 0 Å². The van der Waals surface area contributed by atoms with E-state index in [-0.39, 0.29) is 5.91 Å². The zero-order chi connectivity index (χ0) is 16.9. The van der Waals surface area contributed by atoms with Crippen molar-refractivity contribution in [1.29, 1.82) is 0 Å². The number of carbonyl (C=O) groups is 1. The number of aryl methyl sites for hydroxylation is 1. The van der Waals surface area contributed by atoms with Gasteiger partial charge in [-0.3, -0.25) is 4.79 Å². The van der Waals surface area contributed by atoms with Crippen LogP contribution in [-0.2, 0) is 0 Å². The third-order valence-electron chi connectivity index (χ3n) is 4.41. The summed E-state index contributed by atoms with van der Waals surface area (Å²) in [6.45, 7) is 2.02. The maximum atomic E-state index is 12.5. The number of rotatable bonds is 4. The van der Waals surface area contributed by atoms with Crippen LogP contribution in [-0.4, -0.2) is 16.9 Å². The molecule has 1 amide bonds. The lowest BCUT2D eigenvalue weighted by atomic mass is 9.95. The number of aromatic nitrogens is 1. The molecule has 1 aliphatic carbocycles. The summed E-state index contributed by atoms with van der Waals surface area (Å²) < 4.78 is 0.981. The molecule has 0 unspecified atom stereocenters. The SMILES string of the molecule is Cc1ccc(NC(=O)c2ccnc(NC3CCCCC3)c2)cc1Br. The fourth-order valence-electron chi connectivity index (χ4n) is 2.98. The quantitative estimate of drug-likeness (QED) is 0.762. The largest absolute Gasteiger partial charge is 0.367 e. The molecule has 0 bridgehead atoms. The van der Waals surface area contributed by atoms with Crippen molar-refractivity contribution in [3.8, 4) is 0 Å². The Bertz CT molecular complexity index is 726. The first kappa shape index (κ1) is 17.0. The van der Waals surface area contributed by atoms with Crippen LogP contribution in [0.1, 0.15) is 48.0 Å². The number of nitrogens with one attached hydrogen (secondary N) is 2. The Morgan fingerprint density at radius 3 is 2.71 bits per heavy atom. The Labute approximate surface area is 151 Å². The van der Waals surface area contributed by atoms with E-state index in [0.717, 1.165) is 21.5 Å². The van der Waals surface area contributed by atoms with Crippen LogP contribution < -0.4 is 10.6 Å². The number of halogens is 1. The Hall–Kier alpha value is -1.88. The predicted molar refractivity (Wildman–Crippen MR) is 102 cm³/mol. The number of amides is 1. The van der Waals surface area contributed by atoms with Crippen LogP contribution in [0, 0.1) is 6.92 Å². The standard InChI is InChI=1S/C19H22BrN3O/c1-13-7-8-16(12-17(13)20)23-19(24)14-9-10-21-18(11-14)22-15-5-3-2-4-6-15/h7-12,15H,2-6H2,1H3,(H,21,22)(H,23,24). The molecule has 1 fully saturated rings. The van der Waals surface area contributed by atoms with Gasteiger partial charge in [0, 0.05) is 28.0 Å². The van der Waals surface area contributed by atoms with Crippen molar-refractivity contribution in [2.24, 2.45) is 0 Å². The highest BCUT2D eigenvalue weighted by molar-refractivity contribution is 9.10. The van der Waals surface area contributed by atoms with Crippen molar-refractivity contribution in [2.45, 2.75) is 45.1 Å². The monoisotopic (exact) mass is 387 g/mol. The molecule has 1 aromatic heterocycles. The van der Waals surface area contributed by atoms with E-state index in [1.54, 1.807) is 12.3 Å². The van der Waals surface area contributed by atoms with E-state index >= 15 is 0 Å². The number of hydrogen-bond acceptors (Lipinski definition) is 3. The van der Waals surface area contributed by atoms with Crippen LogP contribution in [0.4, 0.5) is 11.5 Å². The molecule has 0 spiro atoms. The second-order valence-corrected chi connectivity index (χ2v) is 7.18. The lowest BCUT2D eigenvalue weighted by Crippen LogP contribution is -2.23. The van der Waals surface area contributed by atoms with Gasteiger partial charge in [0.1, 0.15) is 5.82 Å². The molecule has 1 heterocycles. The van der Waals surface area contributed by atoms with Crippen molar-refractivity contribution in [3.63, 3.8) is 0 Å². The molecule has 2 aromatic rings. The molecule has 0 saturated heterocycles. The van der Waals surface area contributed by atoms with Crippen molar-refractivity contribution in [2.75, 3.05) is 10.6 Å². The van der Waals surface area contributed by atoms with Crippen molar-refractivity contribution >= 4 is 33.3 Å². The third-order valence-corrected chi connectivity index (χ3v) is 5.26. The summed E-state index contributed by atoms with van der Waals surface area (Å²) in [6.07, 6.45) is 7.89. The molecular weight excluding hydrogens is 366 g/mol. The van der Waals surface area contributed by atoms with Gasteiger partial charge in [-0.15, -0.1) is 0 Å². The molecule has 0 radical (unpaired) electrons. The Morgan fingerprint density at radius 1 is 1.17 bits per heavy atom. The maximum Gasteiger partial charge on any atom is 0.255 e. The molecule has 3 rings (SSSR count). The van der Waals surface area contributed by atoms with Gasteiger partial charge in [-0.2, -0.15) is 0 Å². The normalized spacial score (nSPS) is 15.1. The topological polar surface area (TPSA) is 54.0 Å². The second kappa shape index (κ2) is 7.79. The summed E-state index contributed by atoms with van der Waals surface area (Å²) in [5.41, 5.74) is 2.52. The van der Waals surface area contributed by atoms with Gasteiger partial charge in [-0.1, -0.05) is 41.3 Å². The molecule has 2 N–H and O–H groups in total. The van der Waals surface area contributed by atoms with E-state index in [0.29, 0.717) is 11.6 Å². The van der Waals surface area contributed by atoms with Gasteiger partial charge < -0.3 is 10.6 Å². The fraction of sp³-hybridized carbons (Fsp3) is 0.368. The number of anilines is 2. The first-order valence-corrected chi connectivity index (χ1v) is 9.21. The molecular formula is C19H22BrN3O. The minimum atomic E-state index is -0.125. The minimum Gasteiger partial charge on any atom is -0.367 e. The number of carbonyl (C=O) groups excluding carboxylic acids is 1. The summed E-state index contributed by atoms with van der Waals surface area (Å²) in [5, 5.41) is 6.39. The molecule has 0 aliphatic heterocycles. The lowest BCUT2D eigenvalue weighted by Gasteiger charge is -2.23. The van der Waals surface area contributed by atoms with Gasteiger partial charge in [0.05, 0.1) is 0 Å². The van der Waals surface area contributed by atoms with E-state index < -0.39 is 0 Å². The van der Waals surface area contributed by atoms with E-state index in [9.17, 15) is 4.79 Å². The number of benzene rings is 1. The van der Waals surface area contributed by atoms with E-state index in [1.165, 1.54) is 32.1 Å². The van der Waals surface area contributed by atoms with E-state index in [4.69, 9.17) is 0 Å². The zero-order valence-corrected chi connectivity index (χ0v) is 15.4. The average molecular weight is 388 g/mol. The van der Waals surface area contributed by atoms with E-state index in [2.05, 4.69) is 31.5 Å². The highest BCUT2D eigenvalue weighted by Crippen LogP contribution is 2.23. The smallest absolute Gasteiger partial charge is 0.255 e. The third kappa shape index (κ3) is 4.35. The maximum absolute atomic E-state index is 12.5. The second-order valence-electron chi connectivity index (χ2n) is 6.33. The number of pyridine rings is 1. The summed E-state index contributed by atoms with van der Waals surface area (Å²) >= 11 is 3.49. The highest BCUT2D eigenvalue weighted by atomic mass is 79.9. The molecule has 24 heavy (non-hydrogen) atoms. The Morgan fingerprint density at radius 2 is 1.96 bits per heavy atom. The Balaban J connectivity index is 1.68. The van der Waals surface area contributed by atoms with Crippen molar-refractivity contribution in [3.05, 3.63) is 52.1 Å². The summed E-state index contributed by atoms with van der Waals surface area (Å²) in [5.74, 6) is 0.652. The molecule has 126 valence electrons. The van der Waals surface area contributed by atoms with Gasteiger partial charge in [-0.25, -0.2) is 4.98 Å². The lowest BCUT2D eigenvalue weighted by molar-refractivity contribution is 0.102. The van der Waals surface area contributed by atoms with Crippen molar-refractivity contribution < 1.29 is 4.79 Å². The number of hydrogen-bond donors (Lipinski definition) is 2. The van der Waals surface area contributed by atoms with Crippen LogP contribution >= 0.6 is 15.9 Å². The van der Waals surface area contributed by atoms with Crippen molar-refractivity contribution in [1.82, 2.24) is 4.98 Å². The highest BCUT2D eigenvalue weighted by Gasteiger charge is 2.14. The number of nitrogens with zero attached hydrogens (tertiary/aromatic N) is 1. The van der Waals surface area contributed by atoms with Gasteiger partial charge in [0.2, 0.25) is 0 Å². The molecule has 0 atom stereocenters. The predicted octanol–water partition coefficient (Wildman–Crippen LogP) is 5.15. The average Bonchev–Trinajstić information content (AvgIpc) is 2.59. The van der Waals surface area contributed by atoms with Crippen LogP contribution in [0.15, 0.2) is 41.0 Å². The molecule has 4 nitrogen and oxygen atoms in total. The van der Waals surface area contributed by atoms with Gasteiger partial charge in [-0.05, 0) is 49.6 Å². The molecule has 1 aliphatic rings. The van der Waals surface area contributed by atoms with Gasteiger partial charge in [0.15, 0.2) is 0 Å². The minimum absolute atomic E-state index is 0.125. The van der Waals surface area contributed by atoms with Gasteiger partial charge in [0.25, 0.3) is 5.91 Å². The molecule has 1 saturated carbocycles. The molecule has 1 aromatic carbocycles. The first-order valence-electron chi connectivity index (χ1n) is 8.42. The molecule has 5 heteroatoms. The summed E-state index contributed by atoms with van der Waals surface area (Å²) in [7, 11) is 0. The van der Waals surface area contributed by atoms with Crippen LogP contribution in [0.25, 0.3) is 0 Å². The Kier molecular flexibility index (Phi) is 5.51. The zero-order valence-electron chi connectivity index (χ0n) is 13.8. The van der Waals surface area contributed by atoms with Gasteiger partial charge >= 0.3 is 0 Å². The van der Waals surface area contributed by atoms with Crippen LogP contribution in [0.5, 0.6) is 0 Å².